The number of rotatable bonds is 4. The van der Waals surface area contributed by atoms with Crippen molar-refractivity contribution >= 4 is 29.9 Å². The van der Waals surface area contributed by atoms with Crippen LogP contribution in [-0.2, 0) is 6.54 Å². The SMILES string of the molecule is CN=C(NC1CCC1)NC1CCN(Cc2ccc(F)cc2)CC1.I. The van der Waals surface area contributed by atoms with Crippen LogP contribution in [-0.4, -0.2) is 43.1 Å². The Morgan fingerprint density at radius 2 is 1.67 bits per heavy atom. The van der Waals surface area contributed by atoms with Crippen LogP contribution in [0, 0.1) is 5.82 Å². The molecule has 1 saturated carbocycles. The van der Waals surface area contributed by atoms with Gasteiger partial charge in [0.15, 0.2) is 5.96 Å². The van der Waals surface area contributed by atoms with E-state index in [1.165, 1.54) is 24.8 Å². The molecular formula is C18H28FIN4. The van der Waals surface area contributed by atoms with E-state index < -0.39 is 0 Å². The van der Waals surface area contributed by atoms with Crippen molar-refractivity contribution in [3.05, 3.63) is 35.6 Å². The van der Waals surface area contributed by atoms with Crippen LogP contribution >= 0.6 is 24.0 Å². The molecule has 1 aliphatic heterocycles. The number of piperidine rings is 1. The standard InChI is InChI=1S/C18H27FN4.HI/c1-20-18(21-16-3-2-4-16)22-17-9-11-23(12-10-17)13-14-5-7-15(19)8-6-14;/h5-8,16-17H,2-4,9-13H2,1H3,(H2,20,21,22);1H. The molecular weight excluding hydrogens is 418 g/mol. The van der Waals surface area contributed by atoms with E-state index in [1.54, 1.807) is 12.1 Å². The molecule has 1 heterocycles. The second-order valence-corrected chi connectivity index (χ2v) is 6.67. The van der Waals surface area contributed by atoms with E-state index in [4.69, 9.17) is 0 Å². The molecule has 0 atom stereocenters. The van der Waals surface area contributed by atoms with Crippen molar-refractivity contribution in [1.82, 2.24) is 15.5 Å². The molecule has 3 rings (SSSR count). The Kier molecular flexibility index (Phi) is 7.74. The fraction of sp³-hybridized carbons (Fsp3) is 0.611. The summed E-state index contributed by atoms with van der Waals surface area (Å²) in [7, 11) is 1.84. The third-order valence-corrected chi connectivity index (χ3v) is 4.92. The van der Waals surface area contributed by atoms with Crippen LogP contribution in [0.15, 0.2) is 29.3 Å². The quantitative estimate of drug-likeness (QED) is 0.424. The van der Waals surface area contributed by atoms with E-state index in [0.717, 1.165) is 38.4 Å². The van der Waals surface area contributed by atoms with Gasteiger partial charge in [0.05, 0.1) is 0 Å². The van der Waals surface area contributed by atoms with E-state index >= 15 is 0 Å². The molecule has 1 aromatic carbocycles. The Balaban J connectivity index is 0.00000208. The number of guanidine groups is 1. The van der Waals surface area contributed by atoms with E-state index in [2.05, 4.69) is 20.5 Å². The van der Waals surface area contributed by atoms with Crippen LogP contribution in [0.5, 0.6) is 0 Å². The predicted molar refractivity (Wildman–Crippen MR) is 107 cm³/mol. The van der Waals surface area contributed by atoms with Gasteiger partial charge in [-0.25, -0.2) is 4.39 Å². The Labute approximate surface area is 161 Å². The van der Waals surface area contributed by atoms with Crippen LogP contribution in [0.4, 0.5) is 4.39 Å². The largest absolute Gasteiger partial charge is 0.354 e. The maximum atomic E-state index is 13.0. The lowest BCUT2D eigenvalue weighted by molar-refractivity contribution is 0.198. The molecule has 0 amide bonds. The highest BCUT2D eigenvalue weighted by Gasteiger charge is 2.22. The van der Waals surface area contributed by atoms with E-state index in [-0.39, 0.29) is 29.8 Å². The summed E-state index contributed by atoms with van der Waals surface area (Å²) in [6, 6.07) is 7.94. The lowest BCUT2D eigenvalue weighted by atomic mass is 9.93. The molecule has 2 fully saturated rings. The fourth-order valence-electron chi connectivity index (χ4n) is 3.19. The Hall–Kier alpha value is -0.890. The Bertz CT molecular complexity index is 522. The topological polar surface area (TPSA) is 39.7 Å². The summed E-state index contributed by atoms with van der Waals surface area (Å²) >= 11 is 0. The number of aliphatic imine (C=N–C) groups is 1. The van der Waals surface area contributed by atoms with Gasteiger partial charge in [0.2, 0.25) is 0 Å². The number of nitrogens with zero attached hydrogens (tertiary/aromatic N) is 2. The van der Waals surface area contributed by atoms with Crippen LogP contribution in [0.3, 0.4) is 0 Å². The molecule has 1 aromatic rings. The summed E-state index contributed by atoms with van der Waals surface area (Å²) in [4.78, 5) is 6.78. The van der Waals surface area contributed by atoms with Gasteiger partial charge in [-0.05, 0) is 49.8 Å². The average Bonchev–Trinajstić information content (AvgIpc) is 2.53. The molecule has 0 radical (unpaired) electrons. The first-order valence-electron chi connectivity index (χ1n) is 8.69. The van der Waals surface area contributed by atoms with Gasteiger partial charge in [0.25, 0.3) is 0 Å². The highest BCUT2D eigenvalue weighted by atomic mass is 127. The first kappa shape index (κ1) is 19.4. The highest BCUT2D eigenvalue weighted by molar-refractivity contribution is 14.0. The third kappa shape index (κ3) is 5.58. The molecule has 0 aromatic heterocycles. The monoisotopic (exact) mass is 446 g/mol. The summed E-state index contributed by atoms with van der Waals surface area (Å²) in [5.74, 6) is 0.786. The Morgan fingerprint density at radius 1 is 1.08 bits per heavy atom. The summed E-state index contributed by atoms with van der Waals surface area (Å²) in [6.45, 7) is 3.03. The second-order valence-electron chi connectivity index (χ2n) is 6.67. The van der Waals surface area contributed by atoms with Crippen molar-refractivity contribution in [2.24, 2.45) is 4.99 Å². The van der Waals surface area contributed by atoms with Gasteiger partial charge in [0, 0.05) is 38.8 Å². The van der Waals surface area contributed by atoms with Crippen LogP contribution in [0.25, 0.3) is 0 Å². The van der Waals surface area contributed by atoms with Crippen molar-refractivity contribution < 1.29 is 4.39 Å². The molecule has 1 aliphatic carbocycles. The minimum Gasteiger partial charge on any atom is -0.354 e. The highest BCUT2D eigenvalue weighted by Crippen LogP contribution is 2.18. The maximum absolute atomic E-state index is 13.0. The lowest BCUT2D eigenvalue weighted by Gasteiger charge is -2.34. The van der Waals surface area contributed by atoms with Gasteiger partial charge < -0.3 is 10.6 Å². The normalized spacial score (nSPS) is 20.2. The number of halogens is 2. The lowest BCUT2D eigenvalue weighted by Crippen LogP contribution is -2.52. The summed E-state index contributed by atoms with van der Waals surface area (Å²) in [5.41, 5.74) is 1.18. The number of benzene rings is 1. The van der Waals surface area contributed by atoms with E-state index in [9.17, 15) is 4.39 Å². The molecule has 4 nitrogen and oxygen atoms in total. The molecule has 134 valence electrons. The van der Waals surface area contributed by atoms with Crippen molar-refractivity contribution in [2.45, 2.75) is 50.7 Å². The molecule has 0 spiro atoms. The number of likely N-dealkylation sites (tertiary alicyclic amines) is 1. The van der Waals surface area contributed by atoms with Gasteiger partial charge in [-0.15, -0.1) is 24.0 Å². The predicted octanol–water partition coefficient (Wildman–Crippen LogP) is 3.13. The minimum absolute atomic E-state index is 0. The van der Waals surface area contributed by atoms with Crippen LogP contribution < -0.4 is 10.6 Å². The first-order chi connectivity index (χ1) is 11.2. The number of hydrogen-bond donors (Lipinski definition) is 2. The van der Waals surface area contributed by atoms with Crippen molar-refractivity contribution in [3.8, 4) is 0 Å². The average molecular weight is 446 g/mol. The molecule has 2 aliphatic rings. The molecule has 24 heavy (non-hydrogen) atoms. The van der Waals surface area contributed by atoms with Crippen molar-refractivity contribution in [1.29, 1.82) is 0 Å². The second kappa shape index (κ2) is 9.56. The third-order valence-electron chi connectivity index (χ3n) is 4.92. The first-order valence-corrected chi connectivity index (χ1v) is 8.69. The zero-order valence-electron chi connectivity index (χ0n) is 14.3. The van der Waals surface area contributed by atoms with E-state index in [1.807, 2.05) is 19.2 Å². The molecule has 0 unspecified atom stereocenters. The smallest absolute Gasteiger partial charge is 0.191 e. The summed E-state index contributed by atoms with van der Waals surface area (Å²) < 4.78 is 13.0. The van der Waals surface area contributed by atoms with Crippen molar-refractivity contribution in [3.63, 3.8) is 0 Å². The minimum atomic E-state index is -0.165. The fourth-order valence-corrected chi connectivity index (χ4v) is 3.19. The Morgan fingerprint density at radius 3 is 2.17 bits per heavy atom. The zero-order chi connectivity index (χ0) is 16.1. The van der Waals surface area contributed by atoms with Crippen molar-refractivity contribution in [2.75, 3.05) is 20.1 Å². The van der Waals surface area contributed by atoms with Gasteiger partial charge in [-0.1, -0.05) is 12.1 Å². The maximum Gasteiger partial charge on any atom is 0.191 e. The van der Waals surface area contributed by atoms with Gasteiger partial charge in [-0.3, -0.25) is 9.89 Å². The molecule has 1 saturated heterocycles. The summed E-state index contributed by atoms with van der Waals surface area (Å²) in [6.07, 6.45) is 6.09. The molecule has 0 bridgehead atoms. The van der Waals surface area contributed by atoms with Gasteiger partial charge in [-0.2, -0.15) is 0 Å². The summed E-state index contributed by atoms with van der Waals surface area (Å²) in [5, 5.41) is 7.06. The van der Waals surface area contributed by atoms with E-state index in [0.29, 0.717) is 12.1 Å². The van der Waals surface area contributed by atoms with Gasteiger partial charge >= 0.3 is 0 Å². The number of nitrogens with one attached hydrogen (secondary N) is 2. The molecule has 2 N–H and O–H groups in total. The van der Waals surface area contributed by atoms with Crippen LogP contribution in [0.1, 0.15) is 37.7 Å². The molecule has 6 heteroatoms. The van der Waals surface area contributed by atoms with Crippen LogP contribution in [0.2, 0.25) is 0 Å². The number of hydrogen-bond acceptors (Lipinski definition) is 2. The van der Waals surface area contributed by atoms with Gasteiger partial charge in [0.1, 0.15) is 5.82 Å². The zero-order valence-corrected chi connectivity index (χ0v) is 16.6.